The highest BCUT2D eigenvalue weighted by molar-refractivity contribution is 7.92. The number of anilines is 1. The second kappa shape index (κ2) is 5.98. The molecule has 2 fully saturated rings. The predicted octanol–water partition coefficient (Wildman–Crippen LogP) is 2.65. The van der Waals surface area contributed by atoms with E-state index in [-0.39, 0.29) is 17.0 Å². The van der Waals surface area contributed by atoms with Crippen molar-refractivity contribution in [2.24, 2.45) is 11.8 Å². The minimum Gasteiger partial charge on any atom is -0.349 e. The number of halogens is 1. The SMILES string of the molecule is CN(c1ccc(C(=O)NC2CC3CCC2C3)c(Cl)c1)S(C)(=O)=O. The van der Waals surface area contributed by atoms with Crippen molar-refractivity contribution >= 4 is 33.2 Å². The van der Waals surface area contributed by atoms with Crippen molar-refractivity contribution in [3.05, 3.63) is 28.8 Å². The zero-order chi connectivity index (χ0) is 16.8. The first-order valence-electron chi connectivity index (χ1n) is 7.80. The topological polar surface area (TPSA) is 66.5 Å². The van der Waals surface area contributed by atoms with Gasteiger partial charge in [0.05, 0.1) is 22.5 Å². The standard InChI is InChI=1S/C16H21ClN2O3S/c1-19(23(2,21)22)12-5-6-13(14(17)9-12)16(20)18-15-8-10-3-4-11(15)7-10/h5-6,9-11,15H,3-4,7-8H2,1-2H3,(H,18,20). The number of rotatable bonds is 4. The van der Waals surface area contributed by atoms with Crippen LogP contribution in [0, 0.1) is 11.8 Å². The van der Waals surface area contributed by atoms with E-state index >= 15 is 0 Å². The Balaban J connectivity index is 1.74. The third kappa shape index (κ3) is 3.33. The Bertz CT molecular complexity index is 735. The van der Waals surface area contributed by atoms with Crippen LogP contribution in [0.5, 0.6) is 0 Å². The molecule has 7 heteroatoms. The van der Waals surface area contributed by atoms with Gasteiger partial charge in [-0.15, -0.1) is 0 Å². The summed E-state index contributed by atoms with van der Waals surface area (Å²) in [5, 5.41) is 3.35. The quantitative estimate of drug-likeness (QED) is 0.901. The summed E-state index contributed by atoms with van der Waals surface area (Å²) in [5.41, 5.74) is 0.828. The fourth-order valence-electron chi connectivity index (χ4n) is 3.74. The Morgan fingerprint density at radius 1 is 1.30 bits per heavy atom. The average molecular weight is 357 g/mol. The minimum atomic E-state index is -3.36. The van der Waals surface area contributed by atoms with Crippen LogP contribution in [0.4, 0.5) is 5.69 Å². The van der Waals surface area contributed by atoms with Crippen molar-refractivity contribution in [3.8, 4) is 0 Å². The van der Waals surface area contributed by atoms with Gasteiger partial charge >= 0.3 is 0 Å². The number of hydrogen-bond acceptors (Lipinski definition) is 3. The Kier molecular flexibility index (Phi) is 4.31. The zero-order valence-electron chi connectivity index (χ0n) is 13.3. The van der Waals surface area contributed by atoms with Crippen molar-refractivity contribution < 1.29 is 13.2 Å². The number of benzene rings is 1. The molecule has 0 spiro atoms. The van der Waals surface area contributed by atoms with Gasteiger partial charge in [-0.05, 0) is 49.3 Å². The molecule has 0 saturated heterocycles. The Labute approximate surface area is 142 Å². The molecule has 3 unspecified atom stereocenters. The monoisotopic (exact) mass is 356 g/mol. The third-order valence-electron chi connectivity index (χ3n) is 5.11. The van der Waals surface area contributed by atoms with Crippen molar-refractivity contribution in [2.45, 2.75) is 31.7 Å². The van der Waals surface area contributed by atoms with E-state index in [0.717, 1.165) is 22.9 Å². The van der Waals surface area contributed by atoms with Crippen LogP contribution in [0.15, 0.2) is 18.2 Å². The number of fused-ring (bicyclic) bond motifs is 2. The number of amides is 1. The summed E-state index contributed by atoms with van der Waals surface area (Å²) in [6.07, 6.45) is 5.88. The maximum atomic E-state index is 12.4. The molecule has 0 radical (unpaired) electrons. The van der Waals surface area contributed by atoms with E-state index in [9.17, 15) is 13.2 Å². The first-order chi connectivity index (χ1) is 10.8. The lowest BCUT2D eigenvalue weighted by Gasteiger charge is -2.23. The molecular weight excluding hydrogens is 336 g/mol. The fraction of sp³-hybridized carbons (Fsp3) is 0.562. The van der Waals surface area contributed by atoms with E-state index in [1.807, 2.05) is 0 Å². The Morgan fingerprint density at radius 3 is 2.57 bits per heavy atom. The van der Waals surface area contributed by atoms with Gasteiger partial charge in [0.25, 0.3) is 5.91 Å². The zero-order valence-corrected chi connectivity index (χ0v) is 14.8. The minimum absolute atomic E-state index is 0.180. The molecule has 5 nitrogen and oxygen atoms in total. The second-order valence-electron chi connectivity index (χ2n) is 6.65. The maximum absolute atomic E-state index is 12.4. The van der Waals surface area contributed by atoms with Gasteiger partial charge in [-0.1, -0.05) is 18.0 Å². The predicted molar refractivity (Wildman–Crippen MR) is 91.4 cm³/mol. The lowest BCUT2D eigenvalue weighted by Crippen LogP contribution is -2.38. The van der Waals surface area contributed by atoms with Crippen molar-refractivity contribution in [1.82, 2.24) is 5.32 Å². The molecule has 1 aromatic rings. The van der Waals surface area contributed by atoms with Crippen LogP contribution < -0.4 is 9.62 Å². The van der Waals surface area contributed by atoms with Gasteiger partial charge in [0, 0.05) is 13.1 Å². The van der Waals surface area contributed by atoms with Crippen LogP contribution in [0.3, 0.4) is 0 Å². The van der Waals surface area contributed by atoms with E-state index in [1.54, 1.807) is 12.1 Å². The molecule has 2 bridgehead atoms. The summed E-state index contributed by atoms with van der Waals surface area (Å²) in [6.45, 7) is 0. The van der Waals surface area contributed by atoms with E-state index in [1.165, 1.54) is 32.4 Å². The van der Waals surface area contributed by atoms with Crippen molar-refractivity contribution in [2.75, 3.05) is 17.6 Å². The molecule has 1 aromatic carbocycles. The number of nitrogens with zero attached hydrogens (tertiary/aromatic N) is 1. The van der Waals surface area contributed by atoms with Crippen LogP contribution in [-0.4, -0.2) is 33.7 Å². The Hall–Kier alpha value is -1.27. The molecule has 0 aromatic heterocycles. The van der Waals surface area contributed by atoms with Crippen LogP contribution >= 0.6 is 11.6 Å². The van der Waals surface area contributed by atoms with Crippen LogP contribution in [-0.2, 0) is 10.0 Å². The molecule has 1 N–H and O–H groups in total. The van der Waals surface area contributed by atoms with Gasteiger partial charge in [0.2, 0.25) is 10.0 Å². The molecule has 2 aliphatic carbocycles. The van der Waals surface area contributed by atoms with Crippen LogP contribution in [0.2, 0.25) is 5.02 Å². The van der Waals surface area contributed by atoms with E-state index in [0.29, 0.717) is 17.2 Å². The highest BCUT2D eigenvalue weighted by atomic mass is 35.5. The first kappa shape index (κ1) is 16.6. The lowest BCUT2D eigenvalue weighted by atomic mass is 9.95. The lowest BCUT2D eigenvalue weighted by molar-refractivity contribution is 0.0923. The molecule has 23 heavy (non-hydrogen) atoms. The van der Waals surface area contributed by atoms with Crippen LogP contribution in [0.1, 0.15) is 36.0 Å². The molecule has 126 valence electrons. The summed E-state index contributed by atoms with van der Waals surface area (Å²) in [7, 11) is -1.90. The van der Waals surface area contributed by atoms with Gasteiger partial charge in [-0.3, -0.25) is 9.10 Å². The second-order valence-corrected chi connectivity index (χ2v) is 9.07. The smallest absolute Gasteiger partial charge is 0.253 e. The van der Waals surface area contributed by atoms with E-state index in [4.69, 9.17) is 11.6 Å². The molecule has 0 aliphatic heterocycles. The number of carbonyl (C=O) groups is 1. The molecular formula is C16H21ClN2O3S. The summed E-state index contributed by atoms with van der Waals surface area (Å²) in [5.74, 6) is 1.17. The van der Waals surface area contributed by atoms with Gasteiger partial charge in [-0.2, -0.15) is 0 Å². The number of hydrogen-bond donors (Lipinski definition) is 1. The largest absolute Gasteiger partial charge is 0.349 e. The summed E-state index contributed by atoms with van der Waals surface area (Å²) in [4.78, 5) is 12.4. The first-order valence-corrected chi connectivity index (χ1v) is 10.0. The molecule has 1 amide bonds. The average Bonchev–Trinajstić information content (AvgIpc) is 3.07. The Morgan fingerprint density at radius 2 is 2.04 bits per heavy atom. The third-order valence-corrected chi connectivity index (χ3v) is 6.63. The molecule has 2 aliphatic rings. The summed E-state index contributed by atoms with van der Waals surface area (Å²) >= 11 is 6.20. The van der Waals surface area contributed by atoms with Gasteiger partial charge in [-0.25, -0.2) is 8.42 Å². The highest BCUT2D eigenvalue weighted by Gasteiger charge is 2.40. The van der Waals surface area contributed by atoms with Gasteiger partial charge < -0.3 is 5.32 Å². The molecule has 3 rings (SSSR count). The summed E-state index contributed by atoms with van der Waals surface area (Å²) < 4.78 is 24.3. The van der Waals surface area contributed by atoms with E-state index < -0.39 is 10.0 Å². The molecule has 2 saturated carbocycles. The van der Waals surface area contributed by atoms with Crippen molar-refractivity contribution in [1.29, 1.82) is 0 Å². The maximum Gasteiger partial charge on any atom is 0.253 e. The van der Waals surface area contributed by atoms with E-state index in [2.05, 4.69) is 5.32 Å². The molecule has 3 atom stereocenters. The highest BCUT2D eigenvalue weighted by Crippen LogP contribution is 2.44. The van der Waals surface area contributed by atoms with Gasteiger partial charge in [0.15, 0.2) is 0 Å². The summed E-state index contributed by atoms with van der Waals surface area (Å²) in [6, 6.07) is 4.94. The van der Waals surface area contributed by atoms with Gasteiger partial charge in [0.1, 0.15) is 0 Å². The molecule has 0 heterocycles. The number of sulfonamides is 1. The number of carbonyl (C=O) groups excluding carboxylic acids is 1. The number of nitrogens with one attached hydrogen (secondary N) is 1. The van der Waals surface area contributed by atoms with Crippen LogP contribution in [0.25, 0.3) is 0 Å². The fourth-order valence-corrected chi connectivity index (χ4v) is 4.50. The normalized spacial score (nSPS) is 26.3. The van der Waals surface area contributed by atoms with Crippen molar-refractivity contribution in [3.63, 3.8) is 0 Å².